The Kier molecular flexibility index (Phi) is 5.34. The topological polar surface area (TPSA) is 91.3 Å². The van der Waals surface area contributed by atoms with E-state index in [-0.39, 0.29) is 30.7 Å². The molecule has 0 aromatic carbocycles. The van der Waals surface area contributed by atoms with E-state index in [0.29, 0.717) is 36.1 Å². The third-order valence-corrected chi connectivity index (χ3v) is 10.5. The molecule has 4 saturated carbocycles. The molecule has 1 saturated heterocycles. The molecule has 2 aromatic heterocycles. The van der Waals surface area contributed by atoms with Gasteiger partial charge in [0.25, 0.3) is 0 Å². The van der Waals surface area contributed by atoms with Gasteiger partial charge in [0, 0.05) is 55.3 Å². The van der Waals surface area contributed by atoms with Crippen molar-refractivity contribution < 1.29 is 17.9 Å². The standard InChI is InChI=1S/C28H37F3N8O/c1-15-6-16-9-38(17-7-19(40-5)37-33-8-17)10-18(15)21(16)34-24-35-22(32-4)20-23(36-24)39(14-25(20,2)3)27-11-26(12-27,13-27)28(29,30)31/h7-8,15-16,18,21H,6,9-14H2,1-5H3,(H2,32,34,35,36). The first-order chi connectivity index (χ1) is 18.9. The number of nitrogens with zero attached hydrogens (tertiary/aromatic N) is 6. The van der Waals surface area contributed by atoms with Gasteiger partial charge in [0.1, 0.15) is 11.6 Å². The Balaban J connectivity index is 1.16. The molecule has 216 valence electrons. The number of hydrogen-bond donors (Lipinski definition) is 2. The van der Waals surface area contributed by atoms with Crippen molar-refractivity contribution in [1.29, 1.82) is 0 Å². The largest absolute Gasteiger partial charge is 0.480 e. The molecule has 40 heavy (non-hydrogen) atoms. The van der Waals surface area contributed by atoms with E-state index in [1.165, 1.54) is 0 Å². The summed E-state index contributed by atoms with van der Waals surface area (Å²) in [4.78, 5) is 14.5. The Morgan fingerprint density at radius 2 is 1.88 bits per heavy atom. The van der Waals surface area contributed by atoms with Gasteiger partial charge in [0.15, 0.2) is 0 Å². The van der Waals surface area contributed by atoms with Gasteiger partial charge in [0.2, 0.25) is 11.8 Å². The number of piperidine rings is 1. The number of alkyl halides is 3. The van der Waals surface area contributed by atoms with Crippen LogP contribution in [0.4, 0.5) is 36.4 Å². The maximum atomic E-state index is 13.7. The van der Waals surface area contributed by atoms with E-state index < -0.39 is 17.1 Å². The maximum absolute atomic E-state index is 13.7. The summed E-state index contributed by atoms with van der Waals surface area (Å²) in [6, 6.07) is 2.13. The second kappa shape index (κ2) is 8.25. The monoisotopic (exact) mass is 558 g/mol. The van der Waals surface area contributed by atoms with Crippen LogP contribution in [0, 0.1) is 23.2 Å². The van der Waals surface area contributed by atoms with E-state index in [2.05, 4.69) is 51.4 Å². The Morgan fingerprint density at radius 1 is 1.12 bits per heavy atom. The normalized spacial score (nSPS) is 35.1. The lowest BCUT2D eigenvalue weighted by Gasteiger charge is -2.73. The minimum absolute atomic E-state index is 0.162. The van der Waals surface area contributed by atoms with E-state index in [1.807, 2.05) is 13.1 Å². The molecule has 4 atom stereocenters. The van der Waals surface area contributed by atoms with Gasteiger partial charge in [-0.1, -0.05) is 20.8 Å². The predicted molar refractivity (Wildman–Crippen MR) is 146 cm³/mol. The molecule has 5 fully saturated rings. The van der Waals surface area contributed by atoms with Crippen LogP contribution in [0.1, 0.15) is 52.0 Å². The van der Waals surface area contributed by atoms with Crippen molar-refractivity contribution in [2.45, 2.75) is 69.6 Å². The zero-order chi connectivity index (χ0) is 28.2. The summed E-state index contributed by atoms with van der Waals surface area (Å²) in [5.41, 5.74) is -0.221. The van der Waals surface area contributed by atoms with E-state index in [1.54, 1.807) is 13.3 Å². The van der Waals surface area contributed by atoms with Crippen LogP contribution in [0.15, 0.2) is 12.3 Å². The van der Waals surface area contributed by atoms with Crippen molar-refractivity contribution in [3.8, 4) is 5.88 Å². The quantitative estimate of drug-likeness (QED) is 0.533. The Labute approximate surface area is 232 Å². The second-order valence-corrected chi connectivity index (χ2v) is 13.5. The molecular formula is C28H37F3N8O. The Morgan fingerprint density at radius 3 is 2.52 bits per heavy atom. The third-order valence-electron chi connectivity index (χ3n) is 10.5. The molecule has 12 heteroatoms. The lowest BCUT2D eigenvalue weighted by atomic mass is 9.38. The molecule has 2 N–H and O–H groups in total. The van der Waals surface area contributed by atoms with Gasteiger partial charge in [-0.3, -0.25) is 0 Å². The molecule has 4 aliphatic carbocycles. The van der Waals surface area contributed by atoms with Gasteiger partial charge in [0.05, 0.1) is 24.4 Å². The number of methoxy groups -OCH3 is 1. The highest BCUT2D eigenvalue weighted by Gasteiger charge is 2.81. The smallest absolute Gasteiger partial charge is 0.394 e. The molecule has 9 nitrogen and oxygen atoms in total. The fourth-order valence-corrected chi connectivity index (χ4v) is 8.57. The highest BCUT2D eigenvalue weighted by Crippen LogP contribution is 2.76. The summed E-state index contributed by atoms with van der Waals surface area (Å²) >= 11 is 0. The van der Waals surface area contributed by atoms with Crippen LogP contribution >= 0.6 is 0 Å². The third kappa shape index (κ3) is 3.52. The van der Waals surface area contributed by atoms with Crippen LogP contribution in [0.5, 0.6) is 5.88 Å². The first kappa shape index (κ1) is 25.9. The molecular weight excluding hydrogens is 521 g/mol. The molecule has 4 unspecified atom stereocenters. The fraction of sp³-hybridized carbons (Fsp3) is 0.714. The van der Waals surface area contributed by atoms with Gasteiger partial charge < -0.3 is 25.2 Å². The fourth-order valence-electron chi connectivity index (χ4n) is 8.57. The van der Waals surface area contributed by atoms with Crippen molar-refractivity contribution in [2.75, 3.05) is 54.2 Å². The van der Waals surface area contributed by atoms with E-state index in [0.717, 1.165) is 42.4 Å². The van der Waals surface area contributed by atoms with Crippen LogP contribution in [-0.4, -0.2) is 71.7 Å². The van der Waals surface area contributed by atoms with Crippen molar-refractivity contribution in [2.24, 2.45) is 23.2 Å². The molecule has 0 spiro atoms. The average Bonchev–Trinajstić information content (AvgIpc) is 3.19. The van der Waals surface area contributed by atoms with Crippen LogP contribution < -0.4 is 25.2 Å². The second-order valence-electron chi connectivity index (χ2n) is 13.5. The summed E-state index contributed by atoms with van der Waals surface area (Å²) < 4.78 is 46.3. The van der Waals surface area contributed by atoms with Crippen LogP contribution in [0.25, 0.3) is 0 Å². The molecule has 2 aromatic rings. The van der Waals surface area contributed by atoms with Gasteiger partial charge in [-0.25, -0.2) is 0 Å². The van der Waals surface area contributed by atoms with Gasteiger partial charge in [-0.2, -0.15) is 28.2 Å². The van der Waals surface area contributed by atoms with Gasteiger partial charge in [-0.15, -0.1) is 5.10 Å². The van der Waals surface area contributed by atoms with Crippen molar-refractivity contribution in [3.63, 3.8) is 0 Å². The van der Waals surface area contributed by atoms with E-state index in [9.17, 15) is 13.2 Å². The number of fused-ring (bicyclic) bond motifs is 3. The maximum Gasteiger partial charge on any atom is 0.394 e. The van der Waals surface area contributed by atoms with Crippen LogP contribution in [0.2, 0.25) is 0 Å². The minimum atomic E-state index is -4.14. The molecule has 2 aliphatic heterocycles. The zero-order valence-electron chi connectivity index (χ0n) is 23.6. The number of aromatic nitrogens is 4. The summed E-state index contributed by atoms with van der Waals surface area (Å²) in [6.45, 7) is 8.96. The zero-order valence-corrected chi connectivity index (χ0v) is 23.6. The highest BCUT2D eigenvalue weighted by molar-refractivity contribution is 5.71. The Bertz CT molecular complexity index is 1330. The lowest BCUT2D eigenvalue weighted by Crippen LogP contribution is -2.79. The minimum Gasteiger partial charge on any atom is -0.480 e. The number of rotatable bonds is 6. The molecule has 6 aliphatic rings. The first-order valence-corrected chi connectivity index (χ1v) is 14.2. The number of nitrogens with one attached hydrogen (secondary N) is 2. The van der Waals surface area contributed by atoms with Gasteiger partial charge in [-0.05, 0) is 43.4 Å². The SMILES string of the molecule is CNc1nc(NC2C3CC(C)C2CN(c2cnnc(OC)c2)C3)nc2c1C(C)(C)CN2C12CC(C(F)(F)F)(C1)C2. The first-order valence-electron chi connectivity index (χ1n) is 14.2. The van der Waals surface area contributed by atoms with Crippen molar-refractivity contribution in [3.05, 3.63) is 17.8 Å². The van der Waals surface area contributed by atoms with Crippen LogP contribution in [0.3, 0.4) is 0 Å². The van der Waals surface area contributed by atoms with E-state index in [4.69, 9.17) is 14.7 Å². The predicted octanol–water partition coefficient (Wildman–Crippen LogP) is 4.47. The molecule has 0 amide bonds. The highest BCUT2D eigenvalue weighted by atomic mass is 19.4. The molecule has 8 rings (SSSR count). The molecule has 4 heterocycles. The van der Waals surface area contributed by atoms with Crippen LogP contribution in [-0.2, 0) is 5.41 Å². The number of hydrogen-bond acceptors (Lipinski definition) is 9. The lowest BCUT2D eigenvalue weighted by molar-refractivity contribution is -0.332. The summed E-state index contributed by atoms with van der Waals surface area (Å²) in [7, 11) is 3.45. The molecule has 0 radical (unpaired) electrons. The van der Waals surface area contributed by atoms with E-state index >= 15 is 0 Å². The summed E-state index contributed by atoms with van der Waals surface area (Å²) in [5, 5.41) is 15.1. The number of ether oxygens (including phenoxy) is 1. The van der Waals surface area contributed by atoms with Crippen molar-refractivity contribution >= 4 is 23.3 Å². The number of anilines is 4. The summed E-state index contributed by atoms with van der Waals surface area (Å²) in [5.74, 6) is 3.89. The average molecular weight is 559 g/mol. The van der Waals surface area contributed by atoms with Crippen molar-refractivity contribution in [1.82, 2.24) is 20.2 Å². The number of halogens is 3. The Hall–Kier alpha value is -3.05. The summed E-state index contributed by atoms with van der Waals surface area (Å²) in [6.07, 6.45) is -0.766. The molecule has 4 bridgehead atoms. The van der Waals surface area contributed by atoms with Gasteiger partial charge >= 0.3 is 6.18 Å².